The van der Waals surface area contributed by atoms with Crippen molar-refractivity contribution in [1.29, 1.82) is 0 Å². The van der Waals surface area contributed by atoms with Crippen molar-refractivity contribution in [2.24, 2.45) is 5.92 Å². The number of carbonyl (C=O) groups excluding carboxylic acids is 1. The molecule has 0 aromatic rings. The van der Waals surface area contributed by atoms with Gasteiger partial charge in [-0.05, 0) is 45.2 Å². The average molecular weight is 283 g/mol. The van der Waals surface area contributed by atoms with Gasteiger partial charge in [-0.15, -0.1) is 0 Å². The first-order valence-corrected chi connectivity index (χ1v) is 8.26. The molecule has 0 radical (unpaired) electrons. The second-order valence-electron chi connectivity index (χ2n) is 6.55. The SMILES string of the molecule is CCC(C)NC(=O)CCNC1CCN(CC(C)C)CC1. The van der Waals surface area contributed by atoms with E-state index in [1.54, 1.807) is 0 Å². The van der Waals surface area contributed by atoms with Crippen LogP contribution < -0.4 is 10.6 Å². The van der Waals surface area contributed by atoms with Crippen molar-refractivity contribution < 1.29 is 4.79 Å². The quantitative estimate of drug-likeness (QED) is 0.716. The third-order valence-corrected chi connectivity index (χ3v) is 4.02. The van der Waals surface area contributed by atoms with E-state index in [0.717, 1.165) is 18.9 Å². The lowest BCUT2D eigenvalue weighted by molar-refractivity contribution is -0.121. The van der Waals surface area contributed by atoms with Crippen LogP contribution in [0, 0.1) is 5.92 Å². The average Bonchev–Trinajstić information content (AvgIpc) is 2.40. The van der Waals surface area contributed by atoms with E-state index in [0.29, 0.717) is 18.5 Å². The summed E-state index contributed by atoms with van der Waals surface area (Å²) >= 11 is 0. The Kier molecular flexibility index (Phi) is 8.15. The minimum absolute atomic E-state index is 0.170. The molecular weight excluding hydrogens is 250 g/mol. The number of carbonyl (C=O) groups is 1. The Morgan fingerprint density at radius 2 is 1.90 bits per heavy atom. The molecule has 1 heterocycles. The van der Waals surface area contributed by atoms with Gasteiger partial charge in [0.2, 0.25) is 5.91 Å². The smallest absolute Gasteiger partial charge is 0.221 e. The van der Waals surface area contributed by atoms with Crippen LogP contribution in [0.25, 0.3) is 0 Å². The lowest BCUT2D eigenvalue weighted by atomic mass is 10.0. The predicted molar refractivity (Wildman–Crippen MR) is 84.8 cm³/mol. The van der Waals surface area contributed by atoms with Crippen LogP contribution in [0.4, 0.5) is 0 Å². The van der Waals surface area contributed by atoms with E-state index >= 15 is 0 Å². The molecule has 0 aliphatic carbocycles. The van der Waals surface area contributed by atoms with E-state index < -0.39 is 0 Å². The Balaban J connectivity index is 2.08. The summed E-state index contributed by atoms with van der Waals surface area (Å²) in [5, 5.41) is 6.54. The molecule has 1 unspecified atom stereocenters. The van der Waals surface area contributed by atoms with Crippen molar-refractivity contribution in [3.63, 3.8) is 0 Å². The largest absolute Gasteiger partial charge is 0.354 e. The van der Waals surface area contributed by atoms with E-state index in [2.05, 4.69) is 43.2 Å². The molecule has 1 rings (SSSR count). The summed E-state index contributed by atoms with van der Waals surface area (Å²) in [5.41, 5.74) is 0. The molecule has 0 bridgehead atoms. The molecule has 1 atom stereocenters. The molecule has 1 amide bonds. The van der Waals surface area contributed by atoms with Crippen LogP contribution in [0.1, 0.15) is 53.4 Å². The van der Waals surface area contributed by atoms with Crippen molar-refractivity contribution >= 4 is 5.91 Å². The fourth-order valence-corrected chi connectivity index (χ4v) is 2.67. The number of hydrogen-bond donors (Lipinski definition) is 2. The van der Waals surface area contributed by atoms with E-state index in [1.165, 1.54) is 32.5 Å². The van der Waals surface area contributed by atoms with Gasteiger partial charge in [-0.25, -0.2) is 0 Å². The van der Waals surface area contributed by atoms with Crippen molar-refractivity contribution in [3.05, 3.63) is 0 Å². The molecule has 0 aromatic heterocycles. The first-order chi connectivity index (χ1) is 9.51. The number of hydrogen-bond acceptors (Lipinski definition) is 3. The number of amides is 1. The number of nitrogens with one attached hydrogen (secondary N) is 2. The number of likely N-dealkylation sites (tertiary alicyclic amines) is 1. The molecule has 1 fully saturated rings. The highest BCUT2D eigenvalue weighted by Gasteiger charge is 2.19. The number of rotatable bonds is 8. The molecule has 0 saturated carbocycles. The molecule has 2 N–H and O–H groups in total. The second kappa shape index (κ2) is 9.35. The first-order valence-electron chi connectivity index (χ1n) is 8.26. The van der Waals surface area contributed by atoms with Crippen LogP contribution in [0.5, 0.6) is 0 Å². The van der Waals surface area contributed by atoms with Crippen molar-refractivity contribution in [3.8, 4) is 0 Å². The molecule has 20 heavy (non-hydrogen) atoms. The van der Waals surface area contributed by atoms with Crippen LogP contribution >= 0.6 is 0 Å². The topological polar surface area (TPSA) is 44.4 Å². The van der Waals surface area contributed by atoms with Gasteiger partial charge < -0.3 is 15.5 Å². The lowest BCUT2D eigenvalue weighted by Gasteiger charge is -2.33. The Morgan fingerprint density at radius 1 is 1.25 bits per heavy atom. The third-order valence-electron chi connectivity index (χ3n) is 4.02. The van der Waals surface area contributed by atoms with E-state index in [9.17, 15) is 4.79 Å². The molecular formula is C16H33N3O. The Labute approximate surface area is 124 Å². The Morgan fingerprint density at radius 3 is 2.45 bits per heavy atom. The van der Waals surface area contributed by atoms with Crippen molar-refractivity contribution in [2.75, 3.05) is 26.2 Å². The van der Waals surface area contributed by atoms with Crippen LogP contribution in [0.3, 0.4) is 0 Å². The maximum Gasteiger partial charge on any atom is 0.221 e. The summed E-state index contributed by atoms with van der Waals surface area (Å²) in [7, 11) is 0. The van der Waals surface area contributed by atoms with Gasteiger partial charge in [0.1, 0.15) is 0 Å². The van der Waals surface area contributed by atoms with Crippen LogP contribution in [-0.2, 0) is 4.79 Å². The van der Waals surface area contributed by atoms with Gasteiger partial charge in [0, 0.05) is 31.6 Å². The first kappa shape index (κ1) is 17.4. The van der Waals surface area contributed by atoms with Gasteiger partial charge in [0.15, 0.2) is 0 Å². The summed E-state index contributed by atoms with van der Waals surface area (Å²) in [6.07, 6.45) is 4.00. The highest BCUT2D eigenvalue weighted by molar-refractivity contribution is 5.76. The number of nitrogens with zero attached hydrogens (tertiary/aromatic N) is 1. The molecule has 4 heteroatoms. The third kappa shape index (κ3) is 7.25. The van der Waals surface area contributed by atoms with E-state index in [4.69, 9.17) is 0 Å². The lowest BCUT2D eigenvalue weighted by Crippen LogP contribution is -2.44. The maximum absolute atomic E-state index is 11.7. The van der Waals surface area contributed by atoms with Gasteiger partial charge in [-0.1, -0.05) is 20.8 Å². The Bertz CT molecular complexity index is 273. The number of piperidine rings is 1. The normalized spacial score (nSPS) is 19.2. The zero-order valence-electron chi connectivity index (χ0n) is 13.7. The van der Waals surface area contributed by atoms with Gasteiger partial charge in [-0.3, -0.25) is 4.79 Å². The fraction of sp³-hybridized carbons (Fsp3) is 0.938. The molecule has 1 aliphatic rings. The van der Waals surface area contributed by atoms with Gasteiger partial charge in [-0.2, -0.15) is 0 Å². The van der Waals surface area contributed by atoms with Crippen LogP contribution in [0.15, 0.2) is 0 Å². The standard InChI is InChI=1S/C16H33N3O/c1-5-14(4)18-16(20)6-9-17-15-7-10-19(11-8-15)12-13(2)3/h13-15,17H,5-12H2,1-4H3,(H,18,20). The second-order valence-corrected chi connectivity index (χ2v) is 6.55. The summed E-state index contributed by atoms with van der Waals surface area (Å²) in [5.74, 6) is 0.924. The molecule has 4 nitrogen and oxygen atoms in total. The zero-order valence-corrected chi connectivity index (χ0v) is 13.7. The van der Waals surface area contributed by atoms with Gasteiger partial charge in [0.25, 0.3) is 0 Å². The summed E-state index contributed by atoms with van der Waals surface area (Å²) in [6, 6.07) is 0.886. The molecule has 1 saturated heterocycles. The maximum atomic E-state index is 11.7. The summed E-state index contributed by atoms with van der Waals surface area (Å²) < 4.78 is 0. The molecule has 1 aliphatic heterocycles. The summed E-state index contributed by atoms with van der Waals surface area (Å²) in [6.45, 7) is 13.1. The molecule has 0 aromatic carbocycles. The molecule has 0 spiro atoms. The minimum Gasteiger partial charge on any atom is -0.354 e. The zero-order chi connectivity index (χ0) is 15.0. The Hall–Kier alpha value is -0.610. The van der Waals surface area contributed by atoms with Crippen molar-refractivity contribution in [2.45, 2.75) is 65.5 Å². The summed E-state index contributed by atoms with van der Waals surface area (Å²) in [4.78, 5) is 14.2. The van der Waals surface area contributed by atoms with E-state index in [1.807, 2.05) is 0 Å². The molecule has 118 valence electrons. The van der Waals surface area contributed by atoms with Gasteiger partial charge in [0.05, 0.1) is 0 Å². The van der Waals surface area contributed by atoms with Gasteiger partial charge >= 0.3 is 0 Å². The van der Waals surface area contributed by atoms with Crippen LogP contribution in [-0.4, -0.2) is 49.1 Å². The highest BCUT2D eigenvalue weighted by atomic mass is 16.1. The van der Waals surface area contributed by atoms with E-state index in [-0.39, 0.29) is 5.91 Å². The predicted octanol–water partition coefficient (Wildman–Crippen LogP) is 2.00. The van der Waals surface area contributed by atoms with Crippen LogP contribution in [0.2, 0.25) is 0 Å². The minimum atomic E-state index is 0.170. The highest BCUT2D eigenvalue weighted by Crippen LogP contribution is 2.11. The monoisotopic (exact) mass is 283 g/mol. The fourth-order valence-electron chi connectivity index (χ4n) is 2.67. The van der Waals surface area contributed by atoms with Crippen molar-refractivity contribution in [1.82, 2.24) is 15.5 Å².